The predicted octanol–water partition coefficient (Wildman–Crippen LogP) is 5.45. The summed E-state index contributed by atoms with van der Waals surface area (Å²) in [5.74, 6) is 0. The molecule has 2 aromatic rings. The third-order valence-electron chi connectivity index (χ3n) is 3.75. The number of hydrogen-bond acceptors (Lipinski definition) is 2. The lowest BCUT2D eigenvalue weighted by Crippen LogP contribution is -2.36. The number of rotatable bonds is 2. The maximum Gasteiger partial charge on any atom is 0.107 e. The molecule has 0 fully saturated rings. The molecule has 108 valence electrons. The van der Waals surface area contributed by atoms with Crippen LogP contribution in [-0.2, 0) is 0 Å². The Bertz CT molecular complexity index is 680. The zero-order chi connectivity index (χ0) is 15.0. The Morgan fingerprint density at radius 1 is 0.857 bits per heavy atom. The van der Waals surface area contributed by atoms with E-state index >= 15 is 0 Å². The Hall–Kier alpha value is -1.64. The van der Waals surface area contributed by atoms with Crippen LogP contribution >= 0.6 is 23.2 Å². The standard InChI is InChI=1S/C17H16Cl2N2/c1-12-11-15(19)5-8-17(12)21-10-9-20(13(21)2)16-6-3-14(18)4-7-16/h3-11,13H,1-2H3/t13-/m0/s1. The van der Waals surface area contributed by atoms with Crippen molar-refractivity contribution >= 4 is 34.6 Å². The van der Waals surface area contributed by atoms with Gasteiger partial charge in [-0.15, -0.1) is 0 Å². The molecule has 4 heteroatoms. The Labute approximate surface area is 135 Å². The topological polar surface area (TPSA) is 6.48 Å². The van der Waals surface area contributed by atoms with Crippen molar-refractivity contribution in [2.24, 2.45) is 0 Å². The molecule has 0 saturated carbocycles. The minimum absolute atomic E-state index is 0.200. The van der Waals surface area contributed by atoms with Crippen molar-refractivity contribution in [3.63, 3.8) is 0 Å². The molecule has 1 atom stereocenters. The second-order valence-electron chi connectivity index (χ2n) is 5.15. The van der Waals surface area contributed by atoms with Gasteiger partial charge in [0.1, 0.15) is 6.17 Å². The molecule has 21 heavy (non-hydrogen) atoms. The monoisotopic (exact) mass is 318 g/mol. The average Bonchev–Trinajstić information content (AvgIpc) is 2.82. The molecule has 0 aromatic heterocycles. The van der Waals surface area contributed by atoms with Crippen LogP contribution in [0.2, 0.25) is 10.0 Å². The van der Waals surface area contributed by atoms with Crippen LogP contribution in [0.5, 0.6) is 0 Å². The third kappa shape index (κ3) is 2.74. The van der Waals surface area contributed by atoms with Crippen LogP contribution in [0.15, 0.2) is 54.9 Å². The van der Waals surface area contributed by atoms with Crippen molar-refractivity contribution in [2.75, 3.05) is 9.80 Å². The van der Waals surface area contributed by atoms with E-state index in [2.05, 4.69) is 42.1 Å². The first-order chi connectivity index (χ1) is 10.1. The molecular weight excluding hydrogens is 303 g/mol. The summed E-state index contributed by atoms with van der Waals surface area (Å²) < 4.78 is 0. The lowest BCUT2D eigenvalue weighted by atomic mass is 10.2. The first-order valence-corrected chi connectivity index (χ1v) is 7.58. The highest BCUT2D eigenvalue weighted by Crippen LogP contribution is 2.32. The van der Waals surface area contributed by atoms with Gasteiger partial charge in [-0.1, -0.05) is 23.2 Å². The Kier molecular flexibility index (Phi) is 3.83. The van der Waals surface area contributed by atoms with Gasteiger partial charge in [0, 0.05) is 33.8 Å². The van der Waals surface area contributed by atoms with Gasteiger partial charge in [0.05, 0.1) is 0 Å². The van der Waals surface area contributed by atoms with Gasteiger partial charge in [-0.05, 0) is 61.9 Å². The number of benzene rings is 2. The molecule has 1 aliphatic heterocycles. The Morgan fingerprint density at radius 3 is 2.14 bits per heavy atom. The van der Waals surface area contributed by atoms with E-state index in [4.69, 9.17) is 23.2 Å². The SMILES string of the molecule is Cc1cc(Cl)ccc1N1C=CN(c2ccc(Cl)cc2)[C@@H]1C. The van der Waals surface area contributed by atoms with Crippen molar-refractivity contribution < 1.29 is 0 Å². The van der Waals surface area contributed by atoms with E-state index in [1.807, 2.05) is 36.4 Å². The van der Waals surface area contributed by atoms with Gasteiger partial charge in [-0.25, -0.2) is 0 Å². The minimum atomic E-state index is 0.200. The molecule has 2 aromatic carbocycles. The quantitative estimate of drug-likeness (QED) is 0.726. The van der Waals surface area contributed by atoms with Crippen LogP contribution in [0.1, 0.15) is 12.5 Å². The van der Waals surface area contributed by atoms with E-state index in [9.17, 15) is 0 Å². The van der Waals surface area contributed by atoms with Gasteiger partial charge in [-0.2, -0.15) is 0 Å². The highest BCUT2D eigenvalue weighted by Gasteiger charge is 2.25. The van der Waals surface area contributed by atoms with Crippen molar-refractivity contribution in [1.82, 2.24) is 0 Å². The zero-order valence-corrected chi connectivity index (χ0v) is 13.4. The van der Waals surface area contributed by atoms with Gasteiger partial charge < -0.3 is 9.80 Å². The molecule has 3 rings (SSSR count). The molecule has 0 radical (unpaired) electrons. The van der Waals surface area contributed by atoms with Crippen molar-refractivity contribution in [3.8, 4) is 0 Å². The van der Waals surface area contributed by atoms with Crippen LogP contribution in [-0.4, -0.2) is 6.17 Å². The summed E-state index contributed by atoms with van der Waals surface area (Å²) in [4.78, 5) is 4.45. The maximum absolute atomic E-state index is 6.04. The zero-order valence-electron chi connectivity index (χ0n) is 11.9. The van der Waals surface area contributed by atoms with Crippen LogP contribution < -0.4 is 9.80 Å². The summed E-state index contributed by atoms with van der Waals surface area (Å²) in [6.45, 7) is 4.25. The van der Waals surface area contributed by atoms with Gasteiger partial charge in [0.25, 0.3) is 0 Å². The summed E-state index contributed by atoms with van der Waals surface area (Å²) in [6, 6.07) is 13.9. The van der Waals surface area contributed by atoms with E-state index in [0.717, 1.165) is 21.3 Å². The normalized spacial score (nSPS) is 17.6. The van der Waals surface area contributed by atoms with E-state index in [1.165, 1.54) is 5.69 Å². The average molecular weight is 319 g/mol. The summed E-state index contributed by atoms with van der Waals surface area (Å²) in [7, 11) is 0. The van der Waals surface area contributed by atoms with Crippen LogP contribution in [0.3, 0.4) is 0 Å². The number of halogens is 2. The van der Waals surface area contributed by atoms with Gasteiger partial charge in [-0.3, -0.25) is 0 Å². The number of aryl methyl sites for hydroxylation is 1. The van der Waals surface area contributed by atoms with Gasteiger partial charge in [0.2, 0.25) is 0 Å². The minimum Gasteiger partial charge on any atom is -0.326 e. The van der Waals surface area contributed by atoms with Gasteiger partial charge >= 0.3 is 0 Å². The number of anilines is 2. The first kappa shape index (κ1) is 14.3. The second kappa shape index (κ2) is 5.63. The molecule has 0 amide bonds. The molecule has 1 heterocycles. The molecule has 0 aliphatic carbocycles. The van der Waals surface area contributed by atoms with E-state index in [-0.39, 0.29) is 6.17 Å². The second-order valence-corrected chi connectivity index (χ2v) is 6.02. The fraction of sp³-hybridized carbons (Fsp3) is 0.176. The molecule has 0 N–H and O–H groups in total. The number of hydrogen-bond donors (Lipinski definition) is 0. The molecule has 0 saturated heterocycles. The summed E-state index contributed by atoms with van der Waals surface area (Å²) in [6.07, 6.45) is 4.38. The maximum atomic E-state index is 6.04. The van der Waals surface area contributed by atoms with E-state index in [1.54, 1.807) is 0 Å². The lowest BCUT2D eigenvalue weighted by Gasteiger charge is -2.30. The van der Waals surface area contributed by atoms with Crippen LogP contribution in [0.4, 0.5) is 11.4 Å². The van der Waals surface area contributed by atoms with E-state index < -0.39 is 0 Å². The van der Waals surface area contributed by atoms with Crippen LogP contribution in [0.25, 0.3) is 0 Å². The molecule has 1 aliphatic rings. The molecule has 0 unspecified atom stereocenters. The summed E-state index contributed by atoms with van der Waals surface area (Å²) >= 11 is 12.0. The smallest absolute Gasteiger partial charge is 0.107 e. The van der Waals surface area contributed by atoms with E-state index in [0.29, 0.717) is 0 Å². The predicted molar refractivity (Wildman–Crippen MR) is 91.2 cm³/mol. The highest BCUT2D eigenvalue weighted by atomic mass is 35.5. The van der Waals surface area contributed by atoms with Crippen molar-refractivity contribution in [2.45, 2.75) is 20.0 Å². The molecule has 0 spiro atoms. The molecular formula is C17H16Cl2N2. The van der Waals surface area contributed by atoms with Crippen molar-refractivity contribution in [1.29, 1.82) is 0 Å². The lowest BCUT2D eigenvalue weighted by molar-refractivity contribution is 0.748. The summed E-state index contributed by atoms with van der Waals surface area (Å²) in [5, 5.41) is 1.52. The fourth-order valence-corrected chi connectivity index (χ4v) is 2.98. The van der Waals surface area contributed by atoms with Gasteiger partial charge in [0.15, 0.2) is 0 Å². The molecule has 2 nitrogen and oxygen atoms in total. The third-order valence-corrected chi connectivity index (χ3v) is 4.24. The fourth-order valence-electron chi connectivity index (χ4n) is 2.63. The Balaban J connectivity index is 1.88. The first-order valence-electron chi connectivity index (χ1n) is 6.83. The van der Waals surface area contributed by atoms with Crippen molar-refractivity contribution in [3.05, 3.63) is 70.5 Å². The highest BCUT2D eigenvalue weighted by molar-refractivity contribution is 6.31. The summed E-state index contributed by atoms with van der Waals surface area (Å²) in [5.41, 5.74) is 3.45. The Morgan fingerprint density at radius 2 is 1.48 bits per heavy atom. The van der Waals surface area contributed by atoms with Crippen LogP contribution in [0, 0.1) is 6.92 Å². The number of nitrogens with zero attached hydrogens (tertiary/aromatic N) is 2. The largest absolute Gasteiger partial charge is 0.326 e. The molecule has 0 bridgehead atoms.